The van der Waals surface area contributed by atoms with Crippen LogP contribution < -0.4 is 10.0 Å². The van der Waals surface area contributed by atoms with Crippen LogP contribution in [0.4, 0.5) is 23.7 Å². The van der Waals surface area contributed by atoms with E-state index < -0.39 is 56.4 Å². The number of aliphatic hydroxyl groups is 1. The average Bonchev–Trinajstić information content (AvgIpc) is 3.03. The Hall–Kier alpha value is -4.45. The second-order valence-corrected chi connectivity index (χ2v) is 14.5. The molecule has 3 aromatic carbocycles. The molecule has 1 fully saturated rings. The lowest BCUT2D eigenvalue weighted by Crippen LogP contribution is -2.55. The second kappa shape index (κ2) is 14.0. The van der Waals surface area contributed by atoms with Crippen molar-refractivity contribution in [2.75, 3.05) is 25.5 Å². The van der Waals surface area contributed by atoms with Gasteiger partial charge in [-0.25, -0.2) is 17.9 Å². The second-order valence-electron chi connectivity index (χ2n) is 12.6. The lowest BCUT2D eigenvalue weighted by atomic mass is 9.76. The Morgan fingerprint density at radius 2 is 1.65 bits per heavy atom. The van der Waals surface area contributed by atoms with Crippen molar-refractivity contribution in [3.05, 3.63) is 83.4 Å². The number of ether oxygens (including phenoxy) is 1. The zero-order valence-electron chi connectivity index (χ0n) is 26.9. The first kappa shape index (κ1) is 36.4. The van der Waals surface area contributed by atoms with Crippen LogP contribution in [0.1, 0.15) is 50.3 Å². The van der Waals surface area contributed by atoms with Crippen LogP contribution in [-0.2, 0) is 32.2 Å². The monoisotopic (exact) mass is 686 g/mol. The van der Waals surface area contributed by atoms with Gasteiger partial charge in [-0.05, 0) is 87.7 Å². The van der Waals surface area contributed by atoms with E-state index in [1.807, 2.05) is 0 Å². The van der Waals surface area contributed by atoms with E-state index in [1.165, 1.54) is 30.1 Å². The highest BCUT2D eigenvalue weighted by Crippen LogP contribution is 2.36. The quantitative estimate of drug-likeness (QED) is 0.275. The van der Waals surface area contributed by atoms with E-state index in [9.17, 15) is 36.3 Å². The van der Waals surface area contributed by atoms with Crippen LogP contribution in [0.15, 0.2) is 71.6 Å². The fourth-order valence-corrected chi connectivity index (χ4v) is 6.32. The molecule has 3 N–H and O–H groups in total. The highest BCUT2D eigenvalue weighted by atomic mass is 32.2. The first-order valence-corrected chi connectivity index (χ1v) is 16.6. The molecule has 1 saturated heterocycles. The molecule has 0 aromatic heterocycles. The van der Waals surface area contributed by atoms with Crippen LogP contribution in [0.2, 0.25) is 0 Å². The molecule has 0 bridgehead atoms. The molecule has 1 unspecified atom stereocenters. The Labute approximate surface area is 277 Å². The molecular weight excluding hydrogens is 649 g/mol. The predicted molar refractivity (Wildman–Crippen MR) is 172 cm³/mol. The van der Waals surface area contributed by atoms with Gasteiger partial charge in [0.2, 0.25) is 10.0 Å². The number of carbonyl (C=O) groups excluding carboxylic acids is 2. The van der Waals surface area contributed by atoms with Crippen molar-refractivity contribution in [3.8, 4) is 17.2 Å². The molecule has 0 radical (unpaired) electrons. The minimum absolute atomic E-state index is 0.0742. The van der Waals surface area contributed by atoms with E-state index in [1.54, 1.807) is 57.2 Å². The number of nitriles is 1. The first-order valence-electron chi connectivity index (χ1n) is 15.1. The summed E-state index contributed by atoms with van der Waals surface area (Å²) in [6.07, 6.45) is -5.21. The SMILES string of the molecule is CNS(=O)(=O)c1ccc(-c2cccc(CC(O)(C(=O)Nc3ccc(C#N)c(C(F)(F)F)c3)C3CCN(C(=O)OC(C)(C)C)CC3)c2)cc1. The van der Waals surface area contributed by atoms with Gasteiger partial charge in [0.15, 0.2) is 0 Å². The van der Waals surface area contributed by atoms with Crippen molar-refractivity contribution in [3.63, 3.8) is 0 Å². The summed E-state index contributed by atoms with van der Waals surface area (Å²) in [5.74, 6) is -1.64. The number of anilines is 1. The number of alkyl halides is 3. The molecule has 14 heteroatoms. The number of sulfonamides is 1. The van der Waals surface area contributed by atoms with Gasteiger partial charge >= 0.3 is 12.3 Å². The standard InChI is InChI=1S/C34H37F3N4O6S/c1-32(2,3)47-31(43)41-16-14-26(15-17-41)33(44,30(42)40-27-11-8-25(21-38)29(19-27)34(35,36)37)20-22-6-5-7-24(18-22)23-9-12-28(13-10-23)48(45,46)39-4/h5-13,18-19,26,39,44H,14-17,20H2,1-4H3,(H,40,42). The summed E-state index contributed by atoms with van der Waals surface area (Å²) >= 11 is 0. The molecule has 1 aliphatic heterocycles. The molecule has 256 valence electrons. The van der Waals surface area contributed by atoms with Gasteiger partial charge < -0.3 is 20.1 Å². The van der Waals surface area contributed by atoms with Gasteiger partial charge in [-0.3, -0.25) is 4.79 Å². The van der Waals surface area contributed by atoms with Gasteiger partial charge in [-0.2, -0.15) is 18.4 Å². The van der Waals surface area contributed by atoms with Crippen molar-refractivity contribution < 1.29 is 41.0 Å². The third kappa shape index (κ3) is 8.52. The summed E-state index contributed by atoms with van der Waals surface area (Å²) in [6, 6.07) is 17.3. The van der Waals surface area contributed by atoms with Crippen LogP contribution in [-0.4, -0.2) is 61.8 Å². The maximum atomic E-state index is 13.9. The minimum atomic E-state index is -4.85. The number of hydrogen-bond donors (Lipinski definition) is 3. The molecular formula is C34H37F3N4O6S. The van der Waals surface area contributed by atoms with E-state index in [2.05, 4.69) is 10.0 Å². The lowest BCUT2D eigenvalue weighted by molar-refractivity contribution is -0.142. The Balaban J connectivity index is 1.65. The smallest absolute Gasteiger partial charge is 0.417 e. The maximum Gasteiger partial charge on any atom is 0.417 e. The van der Waals surface area contributed by atoms with Crippen LogP contribution in [0.3, 0.4) is 0 Å². The van der Waals surface area contributed by atoms with Crippen molar-refractivity contribution in [1.82, 2.24) is 9.62 Å². The van der Waals surface area contributed by atoms with Gasteiger partial charge in [-0.15, -0.1) is 0 Å². The predicted octanol–water partition coefficient (Wildman–Crippen LogP) is 5.71. The highest BCUT2D eigenvalue weighted by molar-refractivity contribution is 7.89. The molecule has 48 heavy (non-hydrogen) atoms. The Kier molecular flexibility index (Phi) is 10.6. The zero-order chi connectivity index (χ0) is 35.5. The third-order valence-corrected chi connectivity index (χ3v) is 9.52. The molecule has 0 saturated carbocycles. The van der Waals surface area contributed by atoms with E-state index >= 15 is 0 Å². The van der Waals surface area contributed by atoms with Gasteiger partial charge in [0.1, 0.15) is 11.2 Å². The van der Waals surface area contributed by atoms with Gasteiger partial charge in [0.25, 0.3) is 5.91 Å². The van der Waals surface area contributed by atoms with E-state index in [-0.39, 0.29) is 42.9 Å². The number of nitrogens with zero attached hydrogens (tertiary/aromatic N) is 2. The highest BCUT2D eigenvalue weighted by Gasteiger charge is 2.46. The van der Waals surface area contributed by atoms with Gasteiger partial charge in [0, 0.05) is 31.1 Å². The van der Waals surface area contributed by atoms with Crippen LogP contribution in [0, 0.1) is 17.2 Å². The number of carbonyl (C=O) groups is 2. The molecule has 1 heterocycles. The molecule has 10 nitrogen and oxygen atoms in total. The number of halogens is 3. The maximum absolute atomic E-state index is 13.9. The van der Waals surface area contributed by atoms with Gasteiger partial charge in [-0.1, -0.05) is 36.4 Å². The summed E-state index contributed by atoms with van der Waals surface area (Å²) in [4.78, 5) is 28.1. The number of benzene rings is 3. The summed E-state index contributed by atoms with van der Waals surface area (Å²) in [6.45, 7) is 5.56. The van der Waals surface area contributed by atoms with Crippen LogP contribution in [0.25, 0.3) is 11.1 Å². The molecule has 4 rings (SSSR count). The number of rotatable bonds is 8. The molecule has 3 aromatic rings. The fraction of sp³-hybridized carbons (Fsp3) is 0.382. The van der Waals surface area contributed by atoms with E-state index in [0.717, 1.165) is 12.1 Å². The topological polar surface area (TPSA) is 149 Å². The van der Waals surface area contributed by atoms with Crippen molar-refractivity contribution >= 4 is 27.7 Å². The van der Waals surface area contributed by atoms with E-state index in [0.29, 0.717) is 22.8 Å². The number of amides is 2. The van der Waals surface area contributed by atoms with Crippen LogP contribution >= 0.6 is 0 Å². The summed E-state index contributed by atoms with van der Waals surface area (Å²) in [5.41, 5.74) is -3.07. The molecule has 1 aliphatic rings. The Bertz CT molecular complexity index is 1810. The van der Waals surface area contributed by atoms with Crippen LogP contribution in [0.5, 0.6) is 0 Å². The zero-order valence-corrected chi connectivity index (χ0v) is 27.7. The number of hydrogen-bond acceptors (Lipinski definition) is 7. The fourth-order valence-electron chi connectivity index (χ4n) is 5.59. The normalized spacial score (nSPS) is 15.7. The number of likely N-dealkylation sites (tertiary alicyclic amines) is 1. The summed E-state index contributed by atoms with van der Waals surface area (Å²) in [5, 5.41) is 23.8. The van der Waals surface area contributed by atoms with E-state index in [4.69, 9.17) is 10.00 Å². The van der Waals surface area contributed by atoms with Crippen molar-refractivity contribution in [2.45, 2.75) is 62.3 Å². The first-order chi connectivity index (χ1) is 22.4. The number of piperidine rings is 1. The molecule has 1 atom stereocenters. The largest absolute Gasteiger partial charge is 0.444 e. The number of nitrogens with one attached hydrogen (secondary N) is 2. The molecule has 2 amide bonds. The Morgan fingerprint density at radius 1 is 1.00 bits per heavy atom. The molecule has 0 aliphatic carbocycles. The summed E-state index contributed by atoms with van der Waals surface area (Å²) in [7, 11) is -2.34. The summed E-state index contributed by atoms with van der Waals surface area (Å²) < 4.78 is 73.0. The van der Waals surface area contributed by atoms with Crippen molar-refractivity contribution in [1.29, 1.82) is 5.26 Å². The minimum Gasteiger partial charge on any atom is -0.444 e. The third-order valence-electron chi connectivity index (χ3n) is 8.09. The lowest BCUT2D eigenvalue weighted by Gasteiger charge is -2.41. The Morgan fingerprint density at radius 3 is 2.21 bits per heavy atom. The average molecular weight is 687 g/mol. The molecule has 0 spiro atoms. The van der Waals surface area contributed by atoms with Gasteiger partial charge in [0.05, 0.1) is 22.1 Å². The van der Waals surface area contributed by atoms with Crippen molar-refractivity contribution in [2.24, 2.45) is 5.92 Å².